The van der Waals surface area contributed by atoms with Crippen LogP contribution in [0.3, 0.4) is 0 Å². The van der Waals surface area contributed by atoms with E-state index in [4.69, 9.17) is 0 Å². The van der Waals surface area contributed by atoms with Crippen LogP contribution in [0.25, 0.3) is 0 Å². The molecule has 2 nitrogen and oxygen atoms in total. The van der Waals surface area contributed by atoms with Crippen molar-refractivity contribution in [3.05, 3.63) is 34.3 Å². The number of piperazine rings is 1. The Morgan fingerprint density at radius 3 is 2.64 bits per heavy atom. The van der Waals surface area contributed by atoms with Crippen molar-refractivity contribution in [3.8, 4) is 0 Å². The molecule has 0 bridgehead atoms. The molecule has 0 aromatic heterocycles. The Balaban J connectivity index is 0.000000980. The topological polar surface area (TPSA) is 24.1 Å². The summed E-state index contributed by atoms with van der Waals surface area (Å²) >= 11 is 3.56. The standard InChI is InChI=1S/C10H13BrN2.ClH/c11-9-4-2-1-3-8(9)10-7-12-5-6-13-10;/h1-4,10,12-13H,5-7H2;1H/t10-;/m1./s1. The van der Waals surface area contributed by atoms with Crippen molar-refractivity contribution in [2.45, 2.75) is 6.04 Å². The summed E-state index contributed by atoms with van der Waals surface area (Å²) in [5.74, 6) is 0. The molecule has 0 unspecified atom stereocenters. The Hall–Kier alpha value is -0.0900. The molecule has 0 aliphatic carbocycles. The lowest BCUT2D eigenvalue weighted by atomic mass is 10.1. The second-order valence-electron chi connectivity index (χ2n) is 3.23. The minimum Gasteiger partial charge on any atom is -0.314 e. The van der Waals surface area contributed by atoms with Gasteiger partial charge in [-0.2, -0.15) is 0 Å². The van der Waals surface area contributed by atoms with Crippen LogP contribution in [-0.2, 0) is 0 Å². The van der Waals surface area contributed by atoms with E-state index in [-0.39, 0.29) is 12.4 Å². The van der Waals surface area contributed by atoms with E-state index in [2.05, 4.69) is 44.8 Å². The minimum absolute atomic E-state index is 0. The van der Waals surface area contributed by atoms with Gasteiger partial charge in [-0.05, 0) is 11.6 Å². The quantitative estimate of drug-likeness (QED) is 0.821. The van der Waals surface area contributed by atoms with Crippen molar-refractivity contribution in [1.82, 2.24) is 10.6 Å². The summed E-state index contributed by atoms with van der Waals surface area (Å²) in [6.45, 7) is 3.13. The van der Waals surface area contributed by atoms with Crippen LogP contribution < -0.4 is 10.6 Å². The highest BCUT2D eigenvalue weighted by molar-refractivity contribution is 9.10. The maximum Gasteiger partial charge on any atom is 0.0458 e. The number of nitrogens with one attached hydrogen (secondary N) is 2. The van der Waals surface area contributed by atoms with E-state index < -0.39 is 0 Å². The lowest BCUT2D eigenvalue weighted by Gasteiger charge is -2.25. The Morgan fingerprint density at radius 1 is 1.21 bits per heavy atom. The van der Waals surface area contributed by atoms with Gasteiger partial charge >= 0.3 is 0 Å². The molecule has 0 radical (unpaired) electrons. The molecule has 1 aliphatic heterocycles. The Morgan fingerprint density at radius 2 is 2.00 bits per heavy atom. The molecule has 1 atom stereocenters. The first-order valence-corrected chi connectivity index (χ1v) is 5.36. The number of rotatable bonds is 1. The molecule has 1 saturated heterocycles. The van der Waals surface area contributed by atoms with Crippen molar-refractivity contribution in [2.24, 2.45) is 0 Å². The molecule has 0 spiro atoms. The van der Waals surface area contributed by atoms with E-state index in [0.29, 0.717) is 6.04 Å². The van der Waals surface area contributed by atoms with Gasteiger partial charge in [0.1, 0.15) is 0 Å². The first-order chi connectivity index (χ1) is 6.38. The summed E-state index contributed by atoms with van der Waals surface area (Å²) in [4.78, 5) is 0. The molecule has 2 N–H and O–H groups in total. The number of hydrogen-bond acceptors (Lipinski definition) is 2. The summed E-state index contributed by atoms with van der Waals surface area (Å²) in [6, 6.07) is 8.82. The third-order valence-electron chi connectivity index (χ3n) is 2.32. The second-order valence-corrected chi connectivity index (χ2v) is 4.09. The summed E-state index contributed by atoms with van der Waals surface area (Å²) in [7, 11) is 0. The van der Waals surface area contributed by atoms with Crippen molar-refractivity contribution < 1.29 is 0 Å². The van der Waals surface area contributed by atoms with E-state index in [0.717, 1.165) is 19.6 Å². The van der Waals surface area contributed by atoms with Crippen molar-refractivity contribution in [2.75, 3.05) is 19.6 Å². The molecule has 1 aromatic rings. The van der Waals surface area contributed by atoms with Gasteiger partial charge < -0.3 is 10.6 Å². The highest BCUT2D eigenvalue weighted by atomic mass is 79.9. The molecule has 78 valence electrons. The van der Waals surface area contributed by atoms with E-state index in [9.17, 15) is 0 Å². The number of benzene rings is 1. The summed E-state index contributed by atoms with van der Waals surface area (Å²) in [5, 5.41) is 6.86. The molecule has 14 heavy (non-hydrogen) atoms. The van der Waals surface area contributed by atoms with Gasteiger partial charge in [0.15, 0.2) is 0 Å². The molecule has 1 heterocycles. The maximum atomic E-state index is 3.56. The average Bonchev–Trinajstić information content (AvgIpc) is 2.20. The number of hydrogen-bond donors (Lipinski definition) is 2. The molecule has 1 aliphatic rings. The molecular weight excluding hydrogens is 263 g/mol. The van der Waals surface area contributed by atoms with Gasteiger partial charge in [-0.1, -0.05) is 34.1 Å². The Kier molecular flexibility index (Phi) is 4.89. The SMILES string of the molecule is Brc1ccccc1[C@H]1CNCCN1.Cl. The van der Waals surface area contributed by atoms with Gasteiger partial charge in [0.25, 0.3) is 0 Å². The maximum absolute atomic E-state index is 3.56. The first kappa shape index (κ1) is 12.0. The third kappa shape index (κ3) is 2.70. The molecule has 0 amide bonds. The average molecular weight is 278 g/mol. The van der Waals surface area contributed by atoms with Crippen LogP contribution in [0.5, 0.6) is 0 Å². The lowest BCUT2D eigenvalue weighted by Crippen LogP contribution is -2.42. The predicted octanol–water partition coefficient (Wildman–Crippen LogP) is 2.10. The molecular formula is C10H14BrClN2. The largest absolute Gasteiger partial charge is 0.314 e. The Bertz CT molecular complexity index is 287. The van der Waals surface area contributed by atoms with Gasteiger partial charge in [0, 0.05) is 30.1 Å². The summed E-state index contributed by atoms with van der Waals surface area (Å²) in [6.07, 6.45) is 0. The fourth-order valence-electron chi connectivity index (χ4n) is 1.63. The van der Waals surface area contributed by atoms with Crippen LogP contribution in [-0.4, -0.2) is 19.6 Å². The van der Waals surface area contributed by atoms with E-state index in [1.54, 1.807) is 0 Å². The lowest BCUT2D eigenvalue weighted by molar-refractivity contribution is 0.429. The zero-order chi connectivity index (χ0) is 9.10. The van der Waals surface area contributed by atoms with Crippen LogP contribution in [0, 0.1) is 0 Å². The fourth-order valence-corrected chi connectivity index (χ4v) is 2.19. The van der Waals surface area contributed by atoms with Crippen LogP contribution in [0.4, 0.5) is 0 Å². The molecule has 2 rings (SSSR count). The highest BCUT2D eigenvalue weighted by Crippen LogP contribution is 2.23. The zero-order valence-corrected chi connectivity index (χ0v) is 10.2. The molecule has 1 fully saturated rings. The van der Waals surface area contributed by atoms with Crippen molar-refractivity contribution >= 4 is 28.3 Å². The van der Waals surface area contributed by atoms with Gasteiger partial charge in [0.2, 0.25) is 0 Å². The first-order valence-electron chi connectivity index (χ1n) is 4.56. The van der Waals surface area contributed by atoms with E-state index in [1.165, 1.54) is 10.0 Å². The summed E-state index contributed by atoms with van der Waals surface area (Å²) < 4.78 is 1.19. The van der Waals surface area contributed by atoms with E-state index in [1.807, 2.05) is 6.07 Å². The van der Waals surface area contributed by atoms with E-state index >= 15 is 0 Å². The predicted molar refractivity (Wildman–Crippen MR) is 65.0 cm³/mol. The van der Waals surface area contributed by atoms with Gasteiger partial charge in [-0.15, -0.1) is 12.4 Å². The monoisotopic (exact) mass is 276 g/mol. The number of halogens is 2. The van der Waals surface area contributed by atoms with Crippen molar-refractivity contribution in [3.63, 3.8) is 0 Å². The van der Waals surface area contributed by atoms with Gasteiger partial charge in [-0.25, -0.2) is 0 Å². The summed E-state index contributed by atoms with van der Waals surface area (Å²) in [5.41, 5.74) is 1.34. The minimum atomic E-state index is 0. The Labute approximate surface area is 99.0 Å². The third-order valence-corrected chi connectivity index (χ3v) is 3.04. The van der Waals surface area contributed by atoms with Crippen LogP contribution in [0.2, 0.25) is 0 Å². The van der Waals surface area contributed by atoms with Crippen LogP contribution in [0.15, 0.2) is 28.7 Å². The van der Waals surface area contributed by atoms with Gasteiger partial charge in [0.05, 0.1) is 0 Å². The molecule has 0 saturated carbocycles. The molecule has 1 aromatic carbocycles. The second kappa shape index (κ2) is 5.71. The smallest absolute Gasteiger partial charge is 0.0458 e. The normalized spacial score (nSPS) is 21.4. The zero-order valence-electron chi connectivity index (χ0n) is 7.79. The van der Waals surface area contributed by atoms with Crippen LogP contribution >= 0.6 is 28.3 Å². The van der Waals surface area contributed by atoms with Gasteiger partial charge in [-0.3, -0.25) is 0 Å². The van der Waals surface area contributed by atoms with Crippen LogP contribution in [0.1, 0.15) is 11.6 Å². The van der Waals surface area contributed by atoms with Crippen molar-refractivity contribution in [1.29, 1.82) is 0 Å². The molecule has 4 heteroatoms. The fraction of sp³-hybridized carbons (Fsp3) is 0.400. The highest BCUT2D eigenvalue weighted by Gasteiger charge is 2.15.